The molecule has 0 saturated carbocycles. The monoisotopic (exact) mass is 629 g/mol. The van der Waals surface area contributed by atoms with Gasteiger partial charge in [0.15, 0.2) is 5.82 Å². The summed E-state index contributed by atoms with van der Waals surface area (Å²) in [7, 11) is 5.67. The Morgan fingerprint density at radius 3 is 2.51 bits per heavy atom. The van der Waals surface area contributed by atoms with Gasteiger partial charge in [0.1, 0.15) is 23.7 Å². The maximum absolute atomic E-state index is 14.2. The highest BCUT2D eigenvalue weighted by atomic mass is 19.4. The van der Waals surface area contributed by atoms with Gasteiger partial charge in [0.2, 0.25) is 5.91 Å². The van der Waals surface area contributed by atoms with E-state index in [-0.39, 0.29) is 23.9 Å². The zero-order valence-electron chi connectivity index (χ0n) is 25.2. The van der Waals surface area contributed by atoms with Crippen molar-refractivity contribution in [2.24, 2.45) is 0 Å². The lowest BCUT2D eigenvalue weighted by Crippen LogP contribution is -2.42. The largest absolute Gasteiger partial charge is 0.494 e. The lowest BCUT2D eigenvalue weighted by atomic mass is 10.0. The van der Waals surface area contributed by atoms with Crippen LogP contribution in [-0.2, 0) is 15.8 Å². The molecule has 2 saturated heterocycles. The van der Waals surface area contributed by atoms with E-state index in [1.807, 2.05) is 6.07 Å². The fourth-order valence-corrected chi connectivity index (χ4v) is 5.64. The van der Waals surface area contributed by atoms with E-state index in [0.29, 0.717) is 41.5 Å². The standard InChI is InChI=1S/C31H35F4N7O3/c1-5-30(43)39-23-15-24(27(44-4)16-26(23)41-9-6-22(7-10-41)40(2)3)38-28-17-29(37-18-36-28)42-25(8-11-45-42)19-12-20(31(33,34)35)14-21(32)13-19/h5,12-18,22,25H,1,6-11H2,2-4H3,(H,39,43)(H,36,37,38). The molecule has 10 nitrogen and oxygen atoms in total. The normalized spacial score (nSPS) is 17.5. The first-order valence-electron chi connectivity index (χ1n) is 14.4. The Morgan fingerprint density at radius 1 is 1.09 bits per heavy atom. The summed E-state index contributed by atoms with van der Waals surface area (Å²) in [4.78, 5) is 31.1. The molecule has 5 rings (SSSR count). The number of alkyl halides is 3. The number of anilines is 5. The average Bonchev–Trinajstić information content (AvgIpc) is 3.51. The van der Waals surface area contributed by atoms with Crippen molar-refractivity contribution >= 4 is 34.6 Å². The van der Waals surface area contributed by atoms with Crippen LogP contribution < -0.4 is 25.3 Å². The molecule has 2 aliphatic heterocycles. The molecule has 2 N–H and O–H groups in total. The van der Waals surface area contributed by atoms with Gasteiger partial charge in [-0.2, -0.15) is 13.2 Å². The van der Waals surface area contributed by atoms with Gasteiger partial charge in [-0.05, 0) is 62.8 Å². The van der Waals surface area contributed by atoms with E-state index in [1.54, 1.807) is 12.1 Å². The van der Waals surface area contributed by atoms with Crippen molar-refractivity contribution in [3.05, 3.63) is 72.3 Å². The number of piperidine rings is 1. The average molecular weight is 630 g/mol. The molecule has 240 valence electrons. The number of hydroxylamine groups is 1. The minimum absolute atomic E-state index is 0.113. The maximum Gasteiger partial charge on any atom is 0.416 e. The van der Waals surface area contributed by atoms with Crippen LogP contribution in [0.2, 0.25) is 0 Å². The van der Waals surface area contributed by atoms with E-state index < -0.39 is 23.6 Å². The van der Waals surface area contributed by atoms with Crippen molar-refractivity contribution in [3.63, 3.8) is 0 Å². The molecule has 0 radical (unpaired) electrons. The third kappa shape index (κ3) is 7.28. The Hall–Kier alpha value is -4.43. The fourth-order valence-electron chi connectivity index (χ4n) is 5.64. The molecule has 1 aromatic heterocycles. The second-order valence-corrected chi connectivity index (χ2v) is 11.1. The zero-order valence-corrected chi connectivity index (χ0v) is 25.2. The summed E-state index contributed by atoms with van der Waals surface area (Å²) in [5.74, 6) is -0.293. The number of aromatic nitrogens is 2. The number of ether oxygens (including phenoxy) is 1. The van der Waals surface area contributed by atoms with Gasteiger partial charge in [0, 0.05) is 37.7 Å². The summed E-state index contributed by atoms with van der Waals surface area (Å²) in [5.41, 5.74) is 0.881. The van der Waals surface area contributed by atoms with Crippen molar-refractivity contribution in [2.45, 2.75) is 37.5 Å². The molecule has 3 heterocycles. The molecular formula is C31H35F4N7O3. The molecule has 3 aromatic rings. The second kappa shape index (κ2) is 13.3. The Labute approximate surface area is 258 Å². The smallest absolute Gasteiger partial charge is 0.416 e. The first-order valence-corrected chi connectivity index (χ1v) is 14.4. The van der Waals surface area contributed by atoms with Gasteiger partial charge in [-0.3, -0.25) is 9.63 Å². The number of halogens is 4. The molecule has 45 heavy (non-hydrogen) atoms. The minimum atomic E-state index is -4.70. The quantitative estimate of drug-likeness (QED) is 0.221. The molecular weight excluding hydrogens is 594 g/mol. The van der Waals surface area contributed by atoms with Gasteiger partial charge in [-0.15, -0.1) is 0 Å². The molecule has 0 aliphatic carbocycles. The van der Waals surface area contributed by atoms with E-state index in [4.69, 9.17) is 9.57 Å². The number of rotatable bonds is 9. The van der Waals surface area contributed by atoms with Crippen LogP contribution in [0.5, 0.6) is 5.75 Å². The molecule has 0 spiro atoms. The molecule has 0 bridgehead atoms. The van der Waals surface area contributed by atoms with Crippen LogP contribution >= 0.6 is 0 Å². The number of hydrogen-bond donors (Lipinski definition) is 2. The number of amides is 1. The summed E-state index contributed by atoms with van der Waals surface area (Å²) in [5, 5.41) is 7.44. The fraction of sp³-hybridized carbons (Fsp3) is 0.387. The van der Waals surface area contributed by atoms with Crippen molar-refractivity contribution < 1.29 is 31.9 Å². The van der Waals surface area contributed by atoms with Crippen LogP contribution in [0.15, 0.2) is 55.4 Å². The van der Waals surface area contributed by atoms with Crippen LogP contribution in [-0.4, -0.2) is 67.7 Å². The zero-order chi connectivity index (χ0) is 32.3. The van der Waals surface area contributed by atoms with E-state index in [0.717, 1.165) is 43.8 Å². The Balaban J connectivity index is 1.43. The van der Waals surface area contributed by atoms with Gasteiger partial charge in [0.05, 0.1) is 42.4 Å². The number of methoxy groups -OCH3 is 1. The predicted molar refractivity (Wildman–Crippen MR) is 163 cm³/mol. The van der Waals surface area contributed by atoms with Crippen LogP contribution in [0.3, 0.4) is 0 Å². The van der Waals surface area contributed by atoms with Gasteiger partial charge >= 0.3 is 6.18 Å². The number of carbonyl (C=O) groups is 1. The second-order valence-electron chi connectivity index (χ2n) is 11.1. The van der Waals surface area contributed by atoms with Crippen molar-refractivity contribution in [3.8, 4) is 5.75 Å². The van der Waals surface area contributed by atoms with E-state index in [9.17, 15) is 22.4 Å². The Bertz CT molecular complexity index is 1540. The highest BCUT2D eigenvalue weighted by molar-refractivity contribution is 6.02. The third-order valence-electron chi connectivity index (χ3n) is 7.97. The highest BCUT2D eigenvalue weighted by Gasteiger charge is 2.35. The number of benzene rings is 2. The van der Waals surface area contributed by atoms with Crippen molar-refractivity contribution in [1.82, 2.24) is 14.9 Å². The van der Waals surface area contributed by atoms with Gasteiger partial charge in [-0.25, -0.2) is 19.4 Å². The molecule has 2 aliphatic rings. The molecule has 1 unspecified atom stereocenters. The summed E-state index contributed by atoms with van der Waals surface area (Å²) < 4.78 is 60.1. The third-order valence-corrected chi connectivity index (χ3v) is 7.97. The highest BCUT2D eigenvalue weighted by Crippen LogP contribution is 2.41. The Morgan fingerprint density at radius 2 is 1.84 bits per heavy atom. The molecule has 14 heteroatoms. The van der Waals surface area contributed by atoms with E-state index in [2.05, 4.69) is 51.1 Å². The number of carbonyl (C=O) groups excluding carboxylic acids is 1. The van der Waals surface area contributed by atoms with E-state index >= 15 is 0 Å². The molecule has 1 amide bonds. The maximum atomic E-state index is 14.2. The summed E-state index contributed by atoms with van der Waals surface area (Å²) in [6.07, 6.45) is 0.00853. The van der Waals surface area contributed by atoms with Gasteiger partial charge in [0.25, 0.3) is 0 Å². The molecule has 2 fully saturated rings. The lowest BCUT2D eigenvalue weighted by molar-refractivity contribution is -0.137. The minimum Gasteiger partial charge on any atom is -0.494 e. The van der Waals surface area contributed by atoms with Crippen molar-refractivity contribution in [1.29, 1.82) is 0 Å². The predicted octanol–water partition coefficient (Wildman–Crippen LogP) is 5.92. The SMILES string of the molecule is C=CC(=O)Nc1cc(Nc2cc(N3OCCC3c3cc(F)cc(C(F)(F)F)c3)ncn2)c(OC)cc1N1CCC(N(C)C)CC1. The number of nitrogens with zero attached hydrogens (tertiary/aromatic N) is 5. The van der Waals surface area contributed by atoms with Gasteiger partial charge in [-0.1, -0.05) is 6.58 Å². The van der Waals surface area contributed by atoms with Crippen LogP contribution in [0, 0.1) is 5.82 Å². The summed E-state index contributed by atoms with van der Waals surface area (Å²) in [6.45, 7) is 5.34. The van der Waals surface area contributed by atoms with Crippen LogP contribution in [0.25, 0.3) is 0 Å². The Kier molecular flexibility index (Phi) is 9.44. The van der Waals surface area contributed by atoms with E-state index in [1.165, 1.54) is 24.6 Å². The summed E-state index contributed by atoms with van der Waals surface area (Å²) in [6, 6.07) is 7.36. The first kappa shape index (κ1) is 32.0. The topological polar surface area (TPSA) is 95.1 Å². The molecule has 2 aromatic carbocycles. The first-order chi connectivity index (χ1) is 21.5. The number of nitrogens with one attached hydrogen (secondary N) is 2. The van der Waals surface area contributed by atoms with Gasteiger partial charge < -0.3 is 25.2 Å². The number of hydrogen-bond acceptors (Lipinski definition) is 9. The van der Waals surface area contributed by atoms with Crippen molar-refractivity contribution in [2.75, 3.05) is 61.5 Å². The van der Waals surface area contributed by atoms with Crippen LogP contribution in [0.4, 0.5) is 46.3 Å². The lowest BCUT2D eigenvalue weighted by Gasteiger charge is -2.37. The molecule has 1 atom stereocenters. The van der Waals surface area contributed by atoms with Crippen LogP contribution in [0.1, 0.15) is 36.4 Å². The summed E-state index contributed by atoms with van der Waals surface area (Å²) >= 11 is 0.